The maximum absolute atomic E-state index is 11.5. The van der Waals surface area contributed by atoms with Crippen LogP contribution in [0.4, 0.5) is 0 Å². The van der Waals surface area contributed by atoms with Crippen molar-refractivity contribution in [2.24, 2.45) is 0 Å². The maximum Gasteiger partial charge on any atom is 0.243 e. The molecule has 0 radical (unpaired) electrons. The molecule has 1 N–H and O–H groups in total. The molecule has 98 valence electrons. The van der Waals surface area contributed by atoms with Gasteiger partial charge in [0.25, 0.3) is 0 Å². The Morgan fingerprint density at radius 1 is 1.33 bits per heavy atom. The zero-order valence-electron chi connectivity index (χ0n) is 11.5. The van der Waals surface area contributed by atoms with Gasteiger partial charge in [-0.15, -0.1) is 0 Å². The van der Waals surface area contributed by atoms with Crippen LogP contribution in [0.2, 0.25) is 0 Å². The lowest BCUT2D eigenvalue weighted by molar-refractivity contribution is -0.116. The summed E-state index contributed by atoms with van der Waals surface area (Å²) < 4.78 is 5.21. The predicted octanol–water partition coefficient (Wildman–Crippen LogP) is 2.85. The quantitative estimate of drug-likeness (QED) is 0.812. The Balaban J connectivity index is 2.84. The molecule has 0 heterocycles. The first-order valence-electron chi connectivity index (χ1n) is 6.19. The molecule has 0 saturated carbocycles. The molecule has 1 rings (SSSR count). The first kappa shape index (κ1) is 14.3. The van der Waals surface area contributed by atoms with E-state index >= 15 is 0 Å². The van der Waals surface area contributed by atoms with Gasteiger partial charge in [0.1, 0.15) is 5.75 Å². The summed E-state index contributed by atoms with van der Waals surface area (Å²) in [6, 6.07) is 3.94. The van der Waals surface area contributed by atoms with Crippen molar-refractivity contribution in [2.45, 2.75) is 27.2 Å². The van der Waals surface area contributed by atoms with Crippen molar-refractivity contribution in [1.29, 1.82) is 0 Å². The van der Waals surface area contributed by atoms with Crippen molar-refractivity contribution in [2.75, 3.05) is 13.7 Å². The minimum Gasteiger partial charge on any atom is -0.497 e. The van der Waals surface area contributed by atoms with Crippen molar-refractivity contribution in [3.05, 3.63) is 34.9 Å². The maximum atomic E-state index is 11.5. The van der Waals surface area contributed by atoms with Crippen molar-refractivity contribution in [3.63, 3.8) is 0 Å². The third-order valence-corrected chi connectivity index (χ3v) is 2.75. The van der Waals surface area contributed by atoms with Crippen LogP contribution in [0.1, 0.15) is 30.0 Å². The number of hydrogen-bond acceptors (Lipinski definition) is 2. The van der Waals surface area contributed by atoms with Gasteiger partial charge in [-0.2, -0.15) is 0 Å². The lowest BCUT2D eigenvalue weighted by Crippen LogP contribution is -2.21. The van der Waals surface area contributed by atoms with Crippen LogP contribution in [0.15, 0.2) is 18.2 Å². The van der Waals surface area contributed by atoms with E-state index in [1.165, 1.54) is 0 Å². The summed E-state index contributed by atoms with van der Waals surface area (Å²) in [4.78, 5) is 11.5. The monoisotopic (exact) mass is 247 g/mol. The number of amides is 1. The number of carbonyl (C=O) groups is 1. The van der Waals surface area contributed by atoms with E-state index in [9.17, 15) is 4.79 Å². The molecule has 0 atom stereocenters. The van der Waals surface area contributed by atoms with E-state index in [-0.39, 0.29) is 5.91 Å². The molecule has 3 nitrogen and oxygen atoms in total. The predicted molar refractivity (Wildman–Crippen MR) is 74.8 cm³/mol. The highest BCUT2D eigenvalue weighted by molar-refractivity contribution is 5.92. The van der Waals surface area contributed by atoms with Crippen LogP contribution in [0, 0.1) is 13.8 Å². The summed E-state index contributed by atoms with van der Waals surface area (Å²) in [6.45, 7) is 6.77. The van der Waals surface area contributed by atoms with Crippen LogP contribution in [-0.2, 0) is 4.79 Å². The van der Waals surface area contributed by atoms with E-state index < -0.39 is 0 Å². The Morgan fingerprint density at radius 2 is 1.94 bits per heavy atom. The van der Waals surface area contributed by atoms with Crippen molar-refractivity contribution in [3.8, 4) is 5.75 Å². The van der Waals surface area contributed by atoms with E-state index in [4.69, 9.17) is 4.74 Å². The fraction of sp³-hybridized carbons (Fsp3) is 0.400. The fourth-order valence-electron chi connectivity index (χ4n) is 1.78. The van der Waals surface area contributed by atoms with Crippen LogP contribution < -0.4 is 10.1 Å². The number of carbonyl (C=O) groups excluding carboxylic acids is 1. The van der Waals surface area contributed by atoms with Crippen LogP contribution >= 0.6 is 0 Å². The number of rotatable bonds is 5. The second kappa shape index (κ2) is 6.84. The third-order valence-electron chi connectivity index (χ3n) is 2.75. The number of benzene rings is 1. The normalized spacial score (nSPS) is 10.7. The molecule has 0 bridgehead atoms. The molecule has 0 saturated heterocycles. The average molecular weight is 247 g/mol. The Hall–Kier alpha value is -1.77. The highest BCUT2D eigenvalue weighted by atomic mass is 16.5. The fourth-order valence-corrected chi connectivity index (χ4v) is 1.78. The standard InChI is InChI=1S/C15H21NO2/c1-5-8-16-15(17)7-6-14-11(2)9-13(18-4)10-12(14)3/h6-7,9-10H,5,8H2,1-4H3,(H,16,17)/b7-6+. The molecular formula is C15H21NO2. The average Bonchev–Trinajstić information content (AvgIpc) is 2.34. The van der Waals surface area contributed by atoms with Crippen LogP contribution in [0.3, 0.4) is 0 Å². The van der Waals surface area contributed by atoms with Gasteiger partial charge in [0.05, 0.1) is 7.11 Å². The van der Waals surface area contributed by atoms with E-state index in [0.717, 1.165) is 28.9 Å². The van der Waals surface area contributed by atoms with Gasteiger partial charge in [-0.05, 0) is 55.2 Å². The lowest BCUT2D eigenvalue weighted by Gasteiger charge is -2.08. The van der Waals surface area contributed by atoms with E-state index in [1.54, 1.807) is 13.2 Å². The Morgan fingerprint density at radius 3 is 2.44 bits per heavy atom. The summed E-state index contributed by atoms with van der Waals surface area (Å²) in [5.41, 5.74) is 3.28. The number of nitrogens with one attached hydrogen (secondary N) is 1. The van der Waals surface area contributed by atoms with Crippen LogP contribution in [0.5, 0.6) is 5.75 Å². The molecule has 0 unspecified atom stereocenters. The Bertz CT molecular complexity index is 427. The van der Waals surface area contributed by atoms with Gasteiger partial charge in [-0.3, -0.25) is 4.79 Å². The molecule has 1 aromatic rings. The van der Waals surface area contributed by atoms with Crippen LogP contribution in [-0.4, -0.2) is 19.6 Å². The smallest absolute Gasteiger partial charge is 0.243 e. The molecule has 0 aliphatic rings. The molecule has 18 heavy (non-hydrogen) atoms. The highest BCUT2D eigenvalue weighted by Gasteiger charge is 2.03. The van der Waals surface area contributed by atoms with Gasteiger partial charge in [0, 0.05) is 12.6 Å². The summed E-state index contributed by atoms with van der Waals surface area (Å²) in [5, 5.41) is 2.81. The lowest BCUT2D eigenvalue weighted by atomic mass is 10.0. The van der Waals surface area contributed by atoms with Gasteiger partial charge in [0.2, 0.25) is 5.91 Å². The number of hydrogen-bond donors (Lipinski definition) is 1. The molecular weight excluding hydrogens is 226 g/mol. The van der Waals surface area contributed by atoms with Crippen LogP contribution in [0.25, 0.3) is 6.08 Å². The molecule has 0 fully saturated rings. The van der Waals surface area contributed by atoms with Crippen molar-refractivity contribution in [1.82, 2.24) is 5.32 Å². The van der Waals surface area contributed by atoms with Gasteiger partial charge in [-0.25, -0.2) is 0 Å². The minimum absolute atomic E-state index is 0.0496. The summed E-state index contributed by atoms with van der Waals surface area (Å²) in [5.74, 6) is 0.795. The summed E-state index contributed by atoms with van der Waals surface area (Å²) in [6.07, 6.45) is 4.38. The molecule has 0 spiro atoms. The van der Waals surface area contributed by atoms with E-state index in [1.807, 2.05) is 39.0 Å². The van der Waals surface area contributed by atoms with Gasteiger partial charge in [0.15, 0.2) is 0 Å². The number of aryl methyl sites for hydroxylation is 2. The van der Waals surface area contributed by atoms with Gasteiger partial charge >= 0.3 is 0 Å². The largest absolute Gasteiger partial charge is 0.497 e. The number of ether oxygens (including phenoxy) is 1. The minimum atomic E-state index is -0.0496. The molecule has 1 amide bonds. The number of methoxy groups -OCH3 is 1. The molecule has 1 aromatic carbocycles. The first-order chi connectivity index (χ1) is 8.58. The molecule has 0 aliphatic heterocycles. The second-order valence-corrected chi connectivity index (χ2v) is 4.30. The van der Waals surface area contributed by atoms with Crippen molar-refractivity contribution >= 4 is 12.0 Å². The van der Waals surface area contributed by atoms with Gasteiger partial charge < -0.3 is 10.1 Å². The molecule has 0 aromatic heterocycles. The van der Waals surface area contributed by atoms with Gasteiger partial charge in [-0.1, -0.05) is 6.92 Å². The Labute approximate surface area is 109 Å². The van der Waals surface area contributed by atoms with E-state index in [0.29, 0.717) is 6.54 Å². The SMILES string of the molecule is CCCNC(=O)/C=C/c1c(C)cc(OC)cc1C. The summed E-state index contributed by atoms with van der Waals surface area (Å²) >= 11 is 0. The highest BCUT2D eigenvalue weighted by Crippen LogP contribution is 2.22. The topological polar surface area (TPSA) is 38.3 Å². The molecule has 3 heteroatoms. The first-order valence-corrected chi connectivity index (χ1v) is 6.19. The Kier molecular flexibility index (Phi) is 5.43. The summed E-state index contributed by atoms with van der Waals surface area (Å²) in [7, 11) is 1.65. The zero-order valence-corrected chi connectivity index (χ0v) is 11.5. The third kappa shape index (κ3) is 3.91. The second-order valence-electron chi connectivity index (χ2n) is 4.30. The molecule has 0 aliphatic carbocycles. The van der Waals surface area contributed by atoms with Crippen molar-refractivity contribution < 1.29 is 9.53 Å². The zero-order chi connectivity index (χ0) is 13.5. The van der Waals surface area contributed by atoms with E-state index in [2.05, 4.69) is 5.32 Å².